The maximum Gasteiger partial charge on any atom is 0.169 e. The van der Waals surface area contributed by atoms with Crippen molar-refractivity contribution in [1.82, 2.24) is 0 Å². The Kier molecular flexibility index (Phi) is 4.12. The van der Waals surface area contributed by atoms with E-state index in [1.54, 1.807) is 0 Å². The summed E-state index contributed by atoms with van der Waals surface area (Å²) < 4.78 is 13.9. The third-order valence-corrected chi connectivity index (χ3v) is 3.21. The van der Waals surface area contributed by atoms with Gasteiger partial charge in [0.25, 0.3) is 0 Å². The van der Waals surface area contributed by atoms with Crippen molar-refractivity contribution in [2.45, 2.75) is 6.42 Å². The molecule has 0 aliphatic rings. The fraction of sp³-hybridized carbons (Fsp3) is 0.143. The number of anilines is 3. The summed E-state index contributed by atoms with van der Waals surface area (Å²) in [5.74, 6) is -0.604. The molecule has 0 heterocycles. The SMILES string of the molecule is Nc1cc(N)c(NCCc2ccccc2)c(F)c1Cl. The van der Waals surface area contributed by atoms with Gasteiger partial charge >= 0.3 is 0 Å². The Hall–Kier alpha value is -1.94. The van der Waals surface area contributed by atoms with Gasteiger partial charge in [-0.05, 0) is 18.1 Å². The van der Waals surface area contributed by atoms with Crippen LogP contribution in [0.2, 0.25) is 5.02 Å². The van der Waals surface area contributed by atoms with Crippen molar-refractivity contribution >= 4 is 28.7 Å². The third kappa shape index (κ3) is 3.09. The first-order valence-corrected chi connectivity index (χ1v) is 6.28. The minimum absolute atomic E-state index is 0.101. The van der Waals surface area contributed by atoms with Crippen LogP contribution >= 0.6 is 11.6 Å². The fourth-order valence-corrected chi connectivity index (χ4v) is 1.97. The number of rotatable bonds is 4. The smallest absolute Gasteiger partial charge is 0.169 e. The van der Waals surface area contributed by atoms with Gasteiger partial charge in [0, 0.05) is 6.54 Å². The van der Waals surface area contributed by atoms with Crippen LogP contribution in [0.1, 0.15) is 5.56 Å². The molecule has 0 saturated carbocycles. The lowest BCUT2D eigenvalue weighted by molar-refractivity contribution is 0.632. The van der Waals surface area contributed by atoms with Crippen molar-refractivity contribution in [3.8, 4) is 0 Å². The molecule has 0 aliphatic heterocycles. The number of nitrogen functional groups attached to an aromatic ring is 2. The zero-order valence-corrected chi connectivity index (χ0v) is 11.0. The Morgan fingerprint density at radius 1 is 1.11 bits per heavy atom. The molecule has 2 rings (SSSR count). The molecule has 0 saturated heterocycles. The zero-order chi connectivity index (χ0) is 13.8. The first-order chi connectivity index (χ1) is 9.09. The maximum absolute atomic E-state index is 13.9. The molecule has 0 unspecified atom stereocenters. The number of hydrogen-bond donors (Lipinski definition) is 3. The van der Waals surface area contributed by atoms with Gasteiger partial charge in [0.1, 0.15) is 5.02 Å². The van der Waals surface area contributed by atoms with Gasteiger partial charge in [-0.3, -0.25) is 0 Å². The largest absolute Gasteiger partial charge is 0.397 e. The fourth-order valence-electron chi connectivity index (χ4n) is 1.82. The van der Waals surface area contributed by atoms with Crippen molar-refractivity contribution in [2.24, 2.45) is 0 Å². The number of nitrogens with two attached hydrogens (primary N) is 2. The highest BCUT2D eigenvalue weighted by atomic mass is 35.5. The Morgan fingerprint density at radius 2 is 1.79 bits per heavy atom. The van der Waals surface area contributed by atoms with Gasteiger partial charge in [-0.2, -0.15) is 0 Å². The van der Waals surface area contributed by atoms with E-state index in [9.17, 15) is 4.39 Å². The summed E-state index contributed by atoms with van der Waals surface area (Å²) in [6.07, 6.45) is 0.766. The van der Waals surface area contributed by atoms with E-state index in [2.05, 4.69) is 5.32 Å². The van der Waals surface area contributed by atoms with Crippen molar-refractivity contribution < 1.29 is 4.39 Å². The first-order valence-electron chi connectivity index (χ1n) is 5.90. The molecule has 0 spiro atoms. The third-order valence-electron chi connectivity index (χ3n) is 2.82. The molecule has 0 aliphatic carbocycles. The molecule has 100 valence electrons. The summed E-state index contributed by atoms with van der Waals surface area (Å²) in [5, 5.41) is 2.86. The normalized spacial score (nSPS) is 10.4. The van der Waals surface area contributed by atoms with Crippen molar-refractivity contribution in [3.05, 3.63) is 52.8 Å². The molecule has 3 nitrogen and oxygen atoms in total. The van der Waals surface area contributed by atoms with Crippen LogP contribution in [0.4, 0.5) is 21.5 Å². The molecule has 5 heteroatoms. The van der Waals surface area contributed by atoms with E-state index in [4.69, 9.17) is 23.1 Å². The Balaban J connectivity index is 2.06. The average Bonchev–Trinajstić information content (AvgIpc) is 2.41. The Bertz CT molecular complexity index is 573. The summed E-state index contributed by atoms with van der Waals surface area (Å²) in [6, 6.07) is 11.4. The summed E-state index contributed by atoms with van der Waals surface area (Å²) >= 11 is 5.76. The zero-order valence-electron chi connectivity index (χ0n) is 10.3. The second kappa shape index (κ2) is 5.80. The quantitative estimate of drug-likeness (QED) is 0.753. The lowest BCUT2D eigenvalue weighted by Gasteiger charge is -2.12. The van der Waals surface area contributed by atoms with Crippen LogP contribution < -0.4 is 16.8 Å². The van der Waals surface area contributed by atoms with Crippen LogP contribution in [0, 0.1) is 5.82 Å². The van der Waals surface area contributed by atoms with Gasteiger partial charge in [0.2, 0.25) is 0 Å². The molecule has 0 fully saturated rings. The Labute approximate surface area is 116 Å². The number of halogens is 2. The number of hydrogen-bond acceptors (Lipinski definition) is 3. The van der Waals surface area contributed by atoms with Gasteiger partial charge in [0.15, 0.2) is 5.82 Å². The summed E-state index contributed by atoms with van der Waals surface area (Å²) in [4.78, 5) is 0. The second-order valence-corrected chi connectivity index (χ2v) is 4.60. The van der Waals surface area contributed by atoms with Crippen LogP contribution in [0.5, 0.6) is 0 Å². The summed E-state index contributed by atoms with van der Waals surface area (Å²) in [6.45, 7) is 0.561. The van der Waals surface area contributed by atoms with Gasteiger partial charge in [0.05, 0.1) is 17.1 Å². The topological polar surface area (TPSA) is 64.1 Å². The summed E-state index contributed by atoms with van der Waals surface area (Å²) in [7, 11) is 0. The van der Waals surface area contributed by atoms with Crippen molar-refractivity contribution in [2.75, 3.05) is 23.3 Å². The molecule has 0 atom stereocenters. The van der Waals surface area contributed by atoms with E-state index in [0.717, 1.165) is 12.0 Å². The number of benzene rings is 2. The minimum atomic E-state index is -0.604. The molecule has 19 heavy (non-hydrogen) atoms. The molecular weight excluding hydrogens is 265 g/mol. The van der Waals surface area contributed by atoms with Gasteiger partial charge in [-0.25, -0.2) is 4.39 Å². The van der Waals surface area contributed by atoms with Crippen LogP contribution in [0.15, 0.2) is 36.4 Å². The van der Waals surface area contributed by atoms with Crippen molar-refractivity contribution in [3.63, 3.8) is 0 Å². The van der Waals surface area contributed by atoms with Gasteiger partial charge < -0.3 is 16.8 Å². The molecule has 0 amide bonds. The molecule has 2 aromatic rings. The predicted octanol–water partition coefficient (Wildman–Crippen LogP) is 3.30. The minimum Gasteiger partial charge on any atom is -0.397 e. The second-order valence-electron chi connectivity index (χ2n) is 4.22. The van der Waals surface area contributed by atoms with Crippen LogP contribution in [-0.4, -0.2) is 6.54 Å². The molecule has 0 aromatic heterocycles. The Morgan fingerprint density at radius 3 is 2.47 bits per heavy atom. The van der Waals surface area contributed by atoms with Gasteiger partial charge in [-0.1, -0.05) is 41.9 Å². The average molecular weight is 280 g/mol. The van der Waals surface area contributed by atoms with E-state index < -0.39 is 5.82 Å². The van der Waals surface area contributed by atoms with E-state index in [-0.39, 0.29) is 22.1 Å². The standard InChI is InChI=1S/C14H15ClFN3/c15-12-10(17)8-11(18)14(13(12)16)19-7-6-9-4-2-1-3-5-9/h1-5,8,19H,6-7,17-18H2. The predicted molar refractivity (Wildman–Crippen MR) is 78.9 cm³/mol. The highest BCUT2D eigenvalue weighted by Crippen LogP contribution is 2.33. The van der Waals surface area contributed by atoms with Crippen molar-refractivity contribution in [1.29, 1.82) is 0 Å². The highest BCUT2D eigenvalue weighted by molar-refractivity contribution is 6.33. The van der Waals surface area contributed by atoms with E-state index in [1.807, 2.05) is 30.3 Å². The number of nitrogens with one attached hydrogen (secondary N) is 1. The van der Waals surface area contributed by atoms with Gasteiger partial charge in [-0.15, -0.1) is 0 Å². The molecular formula is C14H15ClFN3. The van der Waals surface area contributed by atoms with Crippen LogP contribution in [0.3, 0.4) is 0 Å². The van der Waals surface area contributed by atoms with E-state index in [1.165, 1.54) is 6.07 Å². The van der Waals surface area contributed by atoms with Crippen LogP contribution in [0.25, 0.3) is 0 Å². The summed E-state index contributed by atoms with van der Waals surface area (Å²) in [5.41, 5.74) is 13.0. The lowest BCUT2D eigenvalue weighted by atomic mass is 10.1. The monoisotopic (exact) mass is 279 g/mol. The first kappa shape index (κ1) is 13.5. The molecule has 0 radical (unpaired) electrons. The van der Waals surface area contributed by atoms with E-state index >= 15 is 0 Å². The lowest BCUT2D eigenvalue weighted by Crippen LogP contribution is -2.09. The molecule has 0 bridgehead atoms. The van der Waals surface area contributed by atoms with E-state index in [0.29, 0.717) is 6.54 Å². The van der Waals surface area contributed by atoms with Crippen LogP contribution in [-0.2, 0) is 6.42 Å². The maximum atomic E-state index is 13.9. The highest BCUT2D eigenvalue weighted by Gasteiger charge is 2.13. The molecule has 2 aromatic carbocycles. The molecule has 5 N–H and O–H groups in total.